The Morgan fingerprint density at radius 2 is 2.08 bits per heavy atom. The zero-order chi connectivity index (χ0) is 17.2. The number of nitrogens with one attached hydrogen (secondary N) is 2. The maximum absolute atomic E-state index is 12.4. The highest BCUT2D eigenvalue weighted by Crippen LogP contribution is 2.25. The van der Waals surface area contributed by atoms with E-state index in [1.54, 1.807) is 24.7 Å². The molecule has 0 bridgehead atoms. The third-order valence-corrected chi connectivity index (χ3v) is 5.47. The van der Waals surface area contributed by atoms with E-state index >= 15 is 0 Å². The third kappa shape index (κ3) is 3.47. The number of imidazole rings is 1. The van der Waals surface area contributed by atoms with E-state index < -0.39 is 0 Å². The van der Waals surface area contributed by atoms with E-state index in [4.69, 9.17) is 0 Å². The highest BCUT2D eigenvalue weighted by molar-refractivity contribution is 9.10. The lowest BCUT2D eigenvalue weighted by atomic mass is 10.1. The first-order valence-corrected chi connectivity index (χ1v) is 9.22. The molecule has 0 radical (unpaired) electrons. The van der Waals surface area contributed by atoms with E-state index in [1.165, 1.54) is 16.9 Å². The third-order valence-electron chi connectivity index (χ3n) is 3.78. The Hall–Kier alpha value is -2.51. The van der Waals surface area contributed by atoms with Crippen LogP contribution in [0.25, 0.3) is 11.0 Å². The molecule has 5 nitrogen and oxygen atoms in total. The van der Waals surface area contributed by atoms with Crippen LogP contribution < -0.4 is 5.32 Å². The van der Waals surface area contributed by atoms with E-state index in [0.717, 1.165) is 26.8 Å². The van der Waals surface area contributed by atoms with Crippen LogP contribution in [0.1, 0.15) is 20.8 Å². The number of aromatic amines is 1. The predicted molar refractivity (Wildman–Crippen MR) is 103 cm³/mol. The fourth-order valence-corrected chi connectivity index (χ4v) is 3.78. The molecule has 0 unspecified atom stereocenters. The van der Waals surface area contributed by atoms with Crippen molar-refractivity contribution in [3.63, 3.8) is 0 Å². The van der Waals surface area contributed by atoms with Gasteiger partial charge in [-0.05, 0) is 29.8 Å². The van der Waals surface area contributed by atoms with Gasteiger partial charge in [0, 0.05) is 27.5 Å². The van der Waals surface area contributed by atoms with Crippen LogP contribution in [0, 0.1) is 0 Å². The second kappa shape index (κ2) is 6.78. The maximum Gasteiger partial charge on any atom is 0.257 e. The highest BCUT2D eigenvalue weighted by atomic mass is 79.9. The molecule has 2 aromatic carbocycles. The van der Waals surface area contributed by atoms with Crippen molar-refractivity contribution in [3.05, 3.63) is 75.5 Å². The molecule has 7 heteroatoms. The molecule has 0 aliphatic rings. The summed E-state index contributed by atoms with van der Waals surface area (Å²) in [6.45, 7) is 0. The number of halogens is 1. The second-order valence-electron chi connectivity index (χ2n) is 5.49. The number of rotatable bonds is 4. The minimum Gasteiger partial charge on any atom is -0.345 e. The molecule has 25 heavy (non-hydrogen) atoms. The van der Waals surface area contributed by atoms with Crippen LogP contribution in [-0.4, -0.2) is 20.9 Å². The fourth-order valence-electron chi connectivity index (χ4n) is 2.52. The van der Waals surface area contributed by atoms with Crippen molar-refractivity contribution in [1.29, 1.82) is 0 Å². The SMILES string of the molecule is O=C(Nc1ncc(Cc2ccccc2Br)s1)c1ccc2nc[nH]c2c1. The van der Waals surface area contributed by atoms with Crippen molar-refractivity contribution in [2.75, 3.05) is 5.32 Å². The smallest absolute Gasteiger partial charge is 0.257 e. The van der Waals surface area contributed by atoms with Gasteiger partial charge >= 0.3 is 0 Å². The van der Waals surface area contributed by atoms with Crippen LogP contribution in [-0.2, 0) is 6.42 Å². The number of nitrogens with zero attached hydrogens (tertiary/aromatic N) is 2. The largest absolute Gasteiger partial charge is 0.345 e. The number of anilines is 1. The summed E-state index contributed by atoms with van der Waals surface area (Å²) in [5, 5.41) is 3.45. The summed E-state index contributed by atoms with van der Waals surface area (Å²) in [6.07, 6.45) is 4.19. The van der Waals surface area contributed by atoms with Crippen molar-refractivity contribution >= 4 is 49.3 Å². The quantitative estimate of drug-likeness (QED) is 0.513. The monoisotopic (exact) mass is 412 g/mol. The van der Waals surface area contributed by atoms with Crippen molar-refractivity contribution < 1.29 is 4.79 Å². The van der Waals surface area contributed by atoms with Crippen LogP contribution >= 0.6 is 27.3 Å². The summed E-state index contributed by atoms with van der Waals surface area (Å²) >= 11 is 5.03. The summed E-state index contributed by atoms with van der Waals surface area (Å²) in [6, 6.07) is 13.5. The fraction of sp³-hybridized carbons (Fsp3) is 0.0556. The minimum absolute atomic E-state index is 0.182. The van der Waals surface area contributed by atoms with Gasteiger partial charge in [0.05, 0.1) is 17.4 Å². The summed E-state index contributed by atoms with van der Waals surface area (Å²) < 4.78 is 1.07. The molecule has 4 rings (SSSR count). The molecule has 0 aliphatic heterocycles. The molecule has 0 atom stereocenters. The standard InChI is InChI=1S/C18H13BrN4OS/c19-14-4-2-1-3-11(14)7-13-9-20-18(25-13)23-17(24)12-5-6-15-16(8-12)22-10-21-15/h1-6,8-10H,7H2,(H,21,22)(H,20,23,24). The predicted octanol–water partition coefficient (Wildman–Crippen LogP) is 4.63. The lowest BCUT2D eigenvalue weighted by Gasteiger charge is -2.02. The van der Waals surface area contributed by atoms with Gasteiger partial charge in [0.25, 0.3) is 5.91 Å². The number of H-pyrrole nitrogens is 1. The topological polar surface area (TPSA) is 70.7 Å². The van der Waals surface area contributed by atoms with E-state index in [1.807, 2.05) is 24.3 Å². The second-order valence-corrected chi connectivity index (χ2v) is 7.46. The number of carbonyl (C=O) groups excluding carboxylic acids is 1. The first-order valence-electron chi connectivity index (χ1n) is 7.61. The molecule has 0 fully saturated rings. The zero-order valence-electron chi connectivity index (χ0n) is 13.0. The summed E-state index contributed by atoms with van der Waals surface area (Å²) in [7, 11) is 0. The number of aromatic nitrogens is 3. The Kier molecular flexibility index (Phi) is 4.33. The molecule has 2 aromatic heterocycles. The van der Waals surface area contributed by atoms with Crippen molar-refractivity contribution in [1.82, 2.24) is 15.0 Å². The number of hydrogen-bond acceptors (Lipinski definition) is 4. The number of amides is 1. The van der Waals surface area contributed by atoms with Gasteiger partial charge in [0.2, 0.25) is 0 Å². The van der Waals surface area contributed by atoms with Gasteiger partial charge in [-0.1, -0.05) is 34.1 Å². The molecule has 1 amide bonds. The average Bonchev–Trinajstić information content (AvgIpc) is 3.25. The van der Waals surface area contributed by atoms with E-state index in [-0.39, 0.29) is 5.91 Å². The summed E-state index contributed by atoms with van der Waals surface area (Å²) in [4.78, 5) is 25.0. The molecule has 2 heterocycles. The molecule has 0 saturated heterocycles. The van der Waals surface area contributed by atoms with Crippen LogP contribution in [0.3, 0.4) is 0 Å². The molecule has 0 spiro atoms. The van der Waals surface area contributed by atoms with Gasteiger partial charge in [-0.2, -0.15) is 0 Å². The average molecular weight is 413 g/mol. The van der Waals surface area contributed by atoms with Crippen LogP contribution in [0.4, 0.5) is 5.13 Å². The number of benzene rings is 2. The van der Waals surface area contributed by atoms with Crippen LogP contribution in [0.15, 0.2) is 59.5 Å². The first kappa shape index (κ1) is 16.0. The Morgan fingerprint density at radius 1 is 1.20 bits per heavy atom. The molecule has 124 valence electrons. The van der Waals surface area contributed by atoms with Gasteiger partial charge in [0.1, 0.15) is 0 Å². The van der Waals surface area contributed by atoms with Crippen LogP contribution in [0.2, 0.25) is 0 Å². The van der Waals surface area contributed by atoms with Crippen molar-refractivity contribution in [2.45, 2.75) is 6.42 Å². The van der Waals surface area contributed by atoms with Crippen molar-refractivity contribution in [2.24, 2.45) is 0 Å². The summed E-state index contributed by atoms with van der Waals surface area (Å²) in [5.41, 5.74) is 3.43. The Bertz CT molecular complexity index is 1060. The van der Waals surface area contributed by atoms with Gasteiger partial charge < -0.3 is 4.98 Å². The Labute approximate surface area is 156 Å². The first-order chi connectivity index (χ1) is 12.2. The Balaban J connectivity index is 1.48. The number of hydrogen-bond donors (Lipinski definition) is 2. The molecule has 0 saturated carbocycles. The van der Waals surface area contributed by atoms with E-state index in [9.17, 15) is 4.79 Å². The van der Waals surface area contributed by atoms with Gasteiger partial charge in [-0.15, -0.1) is 11.3 Å². The molecular weight excluding hydrogens is 400 g/mol. The number of fused-ring (bicyclic) bond motifs is 1. The van der Waals surface area contributed by atoms with Gasteiger partial charge in [-0.3, -0.25) is 10.1 Å². The van der Waals surface area contributed by atoms with Gasteiger partial charge in [0.15, 0.2) is 5.13 Å². The normalized spacial score (nSPS) is 10.9. The van der Waals surface area contributed by atoms with E-state index in [2.05, 4.69) is 42.3 Å². The van der Waals surface area contributed by atoms with Crippen molar-refractivity contribution in [3.8, 4) is 0 Å². The molecular formula is C18H13BrN4OS. The lowest BCUT2D eigenvalue weighted by molar-refractivity contribution is 0.102. The highest BCUT2D eigenvalue weighted by Gasteiger charge is 2.11. The number of carbonyl (C=O) groups is 1. The zero-order valence-corrected chi connectivity index (χ0v) is 15.4. The Morgan fingerprint density at radius 3 is 2.96 bits per heavy atom. The molecule has 4 aromatic rings. The summed E-state index contributed by atoms with van der Waals surface area (Å²) in [5.74, 6) is -0.182. The van der Waals surface area contributed by atoms with Crippen LogP contribution in [0.5, 0.6) is 0 Å². The molecule has 2 N–H and O–H groups in total. The lowest BCUT2D eigenvalue weighted by Crippen LogP contribution is -2.11. The maximum atomic E-state index is 12.4. The molecule has 0 aliphatic carbocycles. The van der Waals surface area contributed by atoms with E-state index in [0.29, 0.717) is 10.7 Å². The number of thiazole rings is 1. The van der Waals surface area contributed by atoms with Gasteiger partial charge in [-0.25, -0.2) is 9.97 Å². The minimum atomic E-state index is -0.182.